The van der Waals surface area contributed by atoms with Crippen LogP contribution in [0.25, 0.3) is 0 Å². The molecule has 0 aromatic heterocycles. The van der Waals surface area contributed by atoms with Crippen molar-refractivity contribution in [3.63, 3.8) is 0 Å². The van der Waals surface area contributed by atoms with Gasteiger partial charge in [-0.3, -0.25) is 0 Å². The standard InChI is InChI=1S/C18H28OS/c1-2-3-4-5-6-7-8-9-10-14-20-18-13-11-12-17(15-18)16-19/h7-8,11-13,15,19H,2-6,9-10,14,16H2,1H3/b8-7-. The lowest BCUT2D eigenvalue weighted by Gasteiger charge is -2.02. The summed E-state index contributed by atoms with van der Waals surface area (Å²) in [6, 6.07) is 8.18. The molecule has 1 aromatic carbocycles. The van der Waals surface area contributed by atoms with Gasteiger partial charge in [-0.1, -0.05) is 50.5 Å². The van der Waals surface area contributed by atoms with Gasteiger partial charge in [-0.25, -0.2) is 0 Å². The number of thioether (sulfide) groups is 1. The van der Waals surface area contributed by atoms with Crippen LogP contribution in [-0.4, -0.2) is 10.9 Å². The van der Waals surface area contributed by atoms with Crippen LogP contribution in [0.2, 0.25) is 0 Å². The van der Waals surface area contributed by atoms with Gasteiger partial charge in [-0.15, -0.1) is 11.8 Å². The van der Waals surface area contributed by atoms with Crippen molar-refractivity contribution in [2.45, 2.75) is 63.4 Å². The molecule has 0 saturated carbocycles. The fourth-order valence-corrected chi connectivity index (χ4v) is 3.01. The Hall–Kier alpha value is -0.730. The van der Waals surface area contributed by atoms with E-state index in [-0.39, 0.29) is 6.61 Å². The minimum atomic E-state index is 0.134. The molecule has 0 amide bonds. The Morgan fingerprint density at radius 3 is 2.60 bits per heavy atom. The van der Waals surface area contributed by atoms with Crippen molar-refractivity contribution >= 4 is 11.8 Å². The summed E-state index contributed by atoms with van der Waals surface area (Å²) in [6.07, 6.45) is 13.7. The van der Waals surface area contributed by atoms with E-state index in [4.69, 9.17) is 5.11 Å². The van der Waals surface area contributed by atoms with Crippen LogP contribution >= 0.6 is 11.8 Å². The molecule has 0 heterocycles. The minimum Gasteiger partial charge on any atom is -0.392 e. The van der Waals surface area contributed by atoms with E-state index >= 15 is 0 Å². The Morgan fingerprint density at radius 1 is 1.05 bits per heavy atom. The van der Waals surface area contributed by atoms with Crippen molar-refractivity contribution in [3.8, 4) is 0 Å². The summed E-state index contributed by atoms with van der Waals surface area (Å²) >= 11 is 1.88. The fourth-order valence-electron chi connectivity index (χ4n) is 2.05. The van der Waals surface area contributed by atoms with Crippen LogP contribution in [0, 0.1) is 0 Å². The molecule has 1 nitrogen and oxygen atoms in total. The quantitative estimate of drug-likeness (QED) is 0.326. The first kappa shape index (κ1) is 17.3. The number of hydrogen-bond donors (Lipinski definition) is 1. The summed E-state index contributed by atoms with van der Waals surface area (Å²) in [4.78, 5) is 1.26. The molecule has 0 aliphatic carbocycles. The van der Waals surface area contributed by atoms with Crippen molar-refractivity contribution in [3.05, 3.63) is 42.0 Å². The van der Waals surface area contributed by atoms with Crippen molar-refractivity contribution in [2.75, 3.05) is 5.75 Å². The van der Waals surface area contributed by atoms with Gasteiger partial charge in [0, 0.05) is 4.90 Å². The van der Waals surface area contributed by atoms with E-state index in [9.17, 15) is 0 Å². The van der Waals surface area contributed by atoms with Crippen molar-refractivity contribution < 1.29 is 5.11 Å². The van der Waals surface area contributed by atoms with E-state index in [1.54, 1.807) is 0 Å². The average molecular weight is 292 g/mol. The van der Waals surface area contributed by atoms with Gasteiger partial charge in [0.25, 0.3) is 0 Å². The third-order valence-electron chi connectivity index (χ3n) is 3.26. The highest BCUT2D eigenvalue weighted by atomic mass is 32.2. The first-order chi connectivity index (χ1) is 9.86. The molecule has 0 unspecified atom stereocenters. The zero-order chi connectivity index (χ0) is 14.5. The molecule has 1 rings (SSSR count). The molecule has 0 spiro atoms. The predicted octanol–water partition coefficient (Wildman–Crippen LogP) is 5.58. The lowest BCUT2D eigenvalue weighted by molar-refractivity contribution is 0.281. The van der Waals surface area contributed by atoms with Gasteiger partial charge in [0.1, 0.15) is 0 Å². The lowest BCUT2D eigenvalue weighted by Crippen LogP contribution is -1.84. The number of aliphatic hydroxyl groups excluding tert-OH is 1. The molecule has 0 saturated heterocycles. The topological polar surface area (TPSA) is 20.2 Å². The Labute approximate surface area is 128 Å². The minimum absolute atomic E-state index is 0.134. The number of unbranched alkanes of at least 4 members (excludes halogenated alkanes) is 5. The Kier molecular flexibility index (Phi) is 10.4. The van der Waals surface area contributed by atoms with Crippen LogP contribution in [0.4, 0.5) is 0 Å². The first-order valence-corrected chi connectivity index (χ1v) is 8.83. The molecule has 0 bridgehead atoms. The highest BCUT2D eigenvalue weighted by molar-refractivity contribution is 7.99. The SMILES string of the molecule is CCCCCC/C=C\CCCSc1cccc(CO)c1. The summed E-state index contributed by atoms with van der Waals surface area (Å²) in [6.45, 7) is 2.39. The zero-order valence-electron chi connectivity index (χ0n) is 12.7. The number of hydrogen-bond acceptors (Lipinski definition) is 2. The summed E-state index contributed by atoms with van der Waals surface area (Å²) in [5.74, 6) is 1.15. The van der Waals surface area contributed by atoms with Crippen molar-refractivity contribution in [1.29, 1.82) is 0 Å². The molecule has 0 aliphatic rings. The molecule has 0 radical (unpaired) electrons. The summed E-state index contributed by atoms with van der Waals surface area (Å²) in [7, 11) is 0. The van der Waals surface area contributed by atoms with Crippen LogP contribution in [0.15, 0.2) is 41.3 Å². The van der Waals surface area contributed by atoms with Gasteiger partial charge in [-0.2, -0.15) is 0 Å². The second-order valence-electron chi connectivity index (χ2n) is 5.12. The molecule has 1 N–H and O–H groups in total. The van der Waals surface area contributed by atoms with Crippen molar-refractivity contribution in [2.24, 2.45) is 0 Å². The zero-order valence-corrected chi connectivity index (χ0v) is 13.5. The Balaban J connectivity index is 2.02. The van der Waals surface area contributed by atoms with Crippen LogP contribution in [0.1, 0.15) is 57.4 Å². The van der Waals surface area contributed by atoms with Crippen molar-refractivity contribution in [1.82, 2.24) is 0 Å². The molecule has 0 atom stereocenters. The maximum Gasteiger partial charge on any atom is 0.0682 e. The smallest absolute Gasteiger partial charge is 0.0682 e. The lowest BCUT2D eigenvalue weighted by atomic mass is 10.1. The van der Waals surface area contributed by atoms with Crippen LogP contribution in [0.3, 0.4) is 0 Å². The Morgan fingerprint density at radius 2 is 1.85 bits per heavy atom. The highest BCUT2D eigenvalue weighted by Crippen LogP contribution is 2.20. The molecular weight excluding hydrogens is 264 g/mol. The predicted molar refractivity (Wildman–Crippen MR) is 90.2 cm³/mol. The number of rotatable bonds is 11. The number of benzene rings is 1. The van der Waals surface area contributed by atoms with Crippen LogP contribution in [0.5, 0.6) is 0 Å². The van der Waals surface area contributed by atoms with E-state index in [0.717, 1.165) is 11.3 Å². The molecule has 1 aromatic rings. The van der Waals surface area contributed by atoms with Gasteiger partial charge in [0.2, 0.25) is 0 Å². The highest BCUT2D eigenvalue weighted by Gasteiger charge is 1.95. The maximum absolute atomic E-state index is 9.09. The molecule has 20 heavy (non-hydrogen) atoms. The Bertz CT molecular complexity index is 373. The number of aliphatic hydroxyl groups is 1. The van der Waals surface area contributed by atoms with E-state index in [2.05, 4.69) is 31.2 Å². The van der Waals surface area contributed by atoms with Gasteiger partial charge in [0.15, 0.2) is 0 Å². The molecular formula is C18H28OS. The second kappa shape index (κ2) is 12.0. The second-order valence-corrected chi connectivity index (χ2v) is 6.29. The van der Waals surface area contributed by atoms with Gasteiger partial charge in [0.05, 0.1) is 6.61 Å². The summed E-state index contributed by atoms with van der Waals surface area (Å²) in [5.41, 5.74) is 1.00. The first-order valence-electron chi connectivity index (χ1n) is 7.84. The average Bonchev–Trinajstić information content (AvgIpc) is 2.49. The molecule has 0 aliphatic heterocycles. The summed E-state index contributed by atoms with van der Waals surface area (Å²) in [5, 5.41) is 9.09. The molecule has 112 valence electrons. The van der Waals surface area contributed by atoms with Crippen LogP contribution < -0.4 is 0 Å². The molecule has 2 heteroatoms. The maximum atomic E-state index is 9.09. The summed E-state index contributed by atoms with van der Waals surface area (Å²) < 4.78 is 0. The monoisotopic (exact) mass is 292 g/mol. The van der Waals surface area contributed by atoms with E-state index in [0.29, 0.717) is 0 Å². The molecule has 0 fully saturated rings. The largest absolute Gasteiger partial charge is 0.392 e. The van der Waals surface area contributed by atoms with Gasteiger partial charge >= 0.3 is 0 Å². The van der Waals surface area contributed by atoms with Gasteiger partial charge < -0.3 is 5.11 Å². The normalized spacial score (nSPS) is 11.3. The van der Waals surface area contributed by atoms with E-state index < -0.39 is 0 Å². The third-order valence-corrected chi connectivity index (χ3v) is 4.34. The fraction of sp³-hybridized carbons (Fsp3) is 0.556. The number of allylic oxidation sites excluding steroid dienone is 2. The van der Waals surface area contributed by atoms with Crippen LogP contribution in [-0.2, 0) is 6.61 Å². The van der Waals surface area contributed by atoms with Gasteiger partial charge in [-0.05, 0) is 49.1 Å². The van der Waals surface area contributed by atoms with E-state index in [1.807, 2.05) is 23.9 Å². The van der Waals surface area contributed by atoms with E-state index in [1.165, 1.54) is 49.8 Å². The third kappa shape index (κ3) is 8.44.